The molecule has 0 bridgehead atoms. The lowest BCUT2D eigenvalue weighted by Crippen LogP contribution is -2.42. The summed E-state index contributed by atoms with van der Waals surface area (Å²) in [5.41, 5.74) is 1.57. The Bertz CT molecular complexity index is 340. The van der Waals surface area contributed by atoms with Crippen LogP contribution in [0.25, 0.3) is 0 Å². The molecule has 1 aromatic rings. The summed E-state index contributed by atoms with van der Waals surface area (Å²) in [5.74, 6) is 0. The molecule has 0 aliphatic carbocycles. The molecule has 0 saturated carbocycles. The van der Waals surface area contributed by atoms with Gasteiger partial charge in [-0.25, -0.2) is 0 Å². The van der Waals surface area contributed by atoms with E-state index in [2.05, 4.69) is 75.3 Å². The van der Waals surface area contributed by atoms with Crippen LogP contribution in [-0.2, 0) is 0 Å². The lowest BCUT2D eigenvalue weighted by Gasteiger charge is -2.32. The van der Waals surface area contributed by atoms with Crippen molar-refractivity contribution in [1.29, 1.82) is 0 Å². The van der Waals surface area contributed by atoms with Crippen molar-refractivity contribution in [2.24, 2.45) is 0 Å². The van der Waals surface area contributed by atoms with Gasteiger partial charge in [0.25, 0.3) is 0 Å². The van der Waals surface area contributed by atoms with Crippen LogP contribution in [0.15, 0.2) is 30.3 Å². The second-order valence-corrected chi connectivity index (χ2v) is 6.39. The van der Waals surface area contributed by atoms with Gasteiger partial charge in [0.1, 0.15) is 0 Å². The van der Waals surface area contributed by atoms with Gasteiger partial charge in [-0.05, 0) is 46.3 Å². The highest BCUT2D eigenvalue weighted by Gasteiger charge is 2.19. The molecule has 108 valence electrons. The van der Waals surface area contributed by atoms with Gasteiger partial charge in [0.2, 0.25) is 0 Å². The number of benzene rings is 1. The zero-order chi connectivity index (χ0) is 14.3. The summed E-state index contributed by atoms with van der Waals surface area (Å²) < 4.78 is 0. The lowest BCUT2D eigenvalue weighted by atomic mass is 10.0. The smallest absolute Gasteiger partial charge is 0.0469 e. The van der Waals surface area contributed by atoms with E-state index in [0.717, 1.165) is 13.1 Å². The molecule has 1 unspecified atom stereocenters. The van der Waals surface area contributed by atoms with Crippen LogP contribution in [-0.4, -0.2) is 30.6 Å². The fourth-order valence-electron chi connectivity index (χ4n) is 2.17. The Morgan fingerprint density at radius 2 is 1.79 bits per heavy atom. The third kappa shape index (κ3) is 6.22. The summed E-state index contributed by atoms with van der Waals surface area (Å²) >= 11 is 0. The summed E-state index contributed by atoms with van der Waals surface area (Å²) in [6.07, 6.45) is 2.51. The average molecular weight is 262 g/mol. The highest BCUT2D eigenvalue weighted by atomic mass is 15.2. The Kier molecular flexibility index (Phi) is 6.53. The molecular weight excluding hydrogens is 232 g/mol. The van der Waals surface area contributed by atoms with Crippen LogP contribution in [0.5, 0.6) is 0 Å². The highest BCUT2D eigenvalue weighted by molar-refractivity contribution is 5.19. The van der Waals surface area contributed by atoms with E-state index in [4.69, 9.17) is 0 Å². The Morgan fingerprint density at radius 3 is 2.32 bits per heavy atom. The van der Waals surface area contributed by atoms with Crippen LogP contribution in [0.2, 0.25) is 0 Å². The first-order chi connectivity index (χ1) is 8.94. The fourth-order valence-corrected chi connectivity index (χ4v) is 2.17. The minimum atomic E-state index is 0.165. The molecule has 1 N–H and O–H groups in total. The van der Waals surface area contributed by atoms with Crippen molar-refractivity contribution >= 4 is 0 Å². The summed E-state index contributed by atoms with van der Waals surface area (Å²) in [6, 6.07) is 11.3. The molecule has 0 amide bonds. The number of hydrogen-bond donors (Lipinski definition) is 1. The monoisotopic (exact) mass is 262 g/mol. The first-order valence-corrected chi connectivity index (χ1v) is 7.44. The van der Waals surface area contributed by atoms with Gasteiger partial charge in [0.15, 0.2) is 0 Å². The number of rotatable bonds is 7. The molecule has 0 saturated heterocycles. The van der Waals surface area contributed by atoms with Crippen LogP contribution < -0.4 is 5.32 Å². The second kappa shape index (κ2) is 7.66. The topological polar surface area (TPSA) is 15.3 Å². The summed E-state index contributed by atoms with van der Waals surface area (Å²) in [7, 11) is 2.23. The van der Waals surface area contributed by atoms with E-state index in [-0.39, 0.29) is 5.54 Å². The number of nitrogens with one attached hydrogen (secondary N) is 1. The van der Waals surface area contributed by atoms with Crippen molar-refractivity contribution in [2.45, 2.75) is 52.1 Å². The van der Waals surface area contributed by atoms with Crippen molar-refractivity contribution in [3.63, 3.8) is 0 Å². The maximum absolute atomic E-state index is 3.64. The van der Waals surface area contributed by atoms with E-state index >= 15 is 0 Å². The van der Waals surface area contributed by atoms with Gasteiger partial charge in [-0.1, -0.05) is 43.7 Å². The molecule has 0 fully saturated rings. The summed E-state index contributed by atoms with van der Waals surface area (Å²) in [4.78, 5) is 2.47. The van der Waals surface area contributed by atoms with E-state index in [1.165, 1.54) is 18.4 Å². The molecule has 19 heavy (non-hydrogen) atoms. The quantitative estimate of drug-likeness (QED) is 0.803. The molecule has 1 aromatic carbocycles. The predicted molar refractivity (Wildman–Crippen MR) is 84.5 cm³/mol. The highest BCUT2D eigenvalue weighted by Crippen LogP contribution is 2.19. The second-order valence-electron chi connectivity index (χ2n) is 6.39. The van der Waals surface area contributed by atoms with E-state index in [9.17, 15) is 0 Å². The number of hydrogen-bond acceptors (Lipinski definition) is 2. The minimum absolute atomic E-state index is 0.165. The molecule has 0 aromatic heterocycles. The van der Waals surface area contributed by atoms with Crippen molar-refractivity contribution in [3.05, 3.63) is 35.9 Å². The summed E-state index contributed by atoms with van der Waals surface area (Å²) in [5, 5.41) is 3.64. The molecule has 0 aliphatic rings. The van der Waals surface area contributed by atoms with Gasteiger partial charge in [0, 0.05) is 18.1 Å². The standard InChI is InChI=1S/C17H30N2/c1-6-7-13-19(5)16(14-18-17(2,3)4)15-11-9-8-10-12-15/h8-12,16,18H,6-7,13-14H2,1-5H3. The molecule has 0 radical (unpaired) electrons. The Hall–Kier alpha value is -0.860. The molecule has 2 nitrogen and oxygen atoms in total. The van der Waals surface area contributed by atoms with Gasteiger partial charge in [0.05, 0.1) is 0 Å². The van der Waals surface area contributed by atoms with E-state index in [1.807, 2.05) is 0 Å². The lowest BCUT2D eigenvalue weighted by molar-refractivity contribution is 0.220. The average Bonchev–Trinajstić information content (AvgIpc) is 2.36. The third-order valence-electron chi connectivity index (χ3n) is 3.41. The van der Waals surface area contributed by atoms with Crippen LogP contribution in [0, 0.1) is 0 Å². The third-order valence-corrected chi connectivity index (χ3v) is 3.41. The van der Waals surface area contributed by atoms with Crippen LogP contribution in [0.3, 0.4) is 0 Å². The van der Waals surface area contributed by atoms with Crippen molar-refractivity contribution < 1.29 is 0 Å². The zero-order valence-corrected chi connectivity index (χ0v) is 13.2. The van der Waals surface area contributed by atoms with E-state index < -0.39 is 0 Å². The van der Waals surface area contributed by atoms with Crippen molar-refractivity contribution in [3.8, 4) is 0 Å². The number of nitrogens with zero attached hydrogens (tertiary/aromatic N) is 1. The predicted octanol–water partition coefficient (Wildman–Crippen LogP) is 3.85. The number of likely N-dealkylation sites (N-methyl/N-ethyl adjacent to an activating group) is 1. The molecule has 1 rings (SSSR count). The molecule has 2 heteroatoms. The Morgan fingerprint density at radius 1 is 1.16 bits per heavy atom. The SMILES string of the molecule is CCCCN(C)C(CNC(C)(C)C)c1ccccc1. The molecule has 0 heterocycles. The van der Waals surface area contributed by atoms with Crippen LogP contribution in [0.1, 0.15) is 52.1 Å². The van der Waals surface area contributed by atoms with E-state index in [1.54, 1.807) is 0 Å². The van der Waals surface area contributed by atoms with Gasteiger partial charge >= 0.3 is 0 Å². The van der Waals surface area contributed by atoms with Gasteiger partial charge in [-0.2, -0.15) is 0 Å². The van der Waals surface area contributed by atoms with Gasteiger partial charge < -0.3 is 5.32 Å². The first kappa shape index (κ1) is 16.2. The van der Waals surface area contributed by atoms with Crippen molar-refractivity contribution in [1.82, 2.24) is 10.2 Å². The number of unbranched alkanes of at least 4 members (excludes halogenated alkanes) is 1. The normalized spacial score (nSPS) is 13.8. The van der Waals surface area contributed by atoms with E-state index in [0.29, 0.717) is 6.04 Å². The van der Waals surface area contributed by atoms with Crippen molar-refractivity contribution in [2.75, 3.05) is 20.1 Å². The van der Waals surface area contributed by atoms with Gasteiger partial charge in [-0.3, -0.25) is 4.90 Å². The van der Waals surface area contributed by atoms with Crippen LogP contribution >= 0.6 is 0 Å². The van der Waals surface area contributed by atoms with Gasteiger partial charge in [-0.15, -0.1) is 0 Å². The first-order valence-electron chi connectivity index (χ1n) is 7.44. The molecule has 0 spiro atoms. The Labute approximate surface area is 119 Å². The maximum atomic E-state index is 3.64. The minimum Gasteiger partial charge on any atom is -0.310 e. The largest absolute Gasteiger partial charge is 0.310 e. The molecule has 0 aliphatic heterocycles. The Balaban J connectivity index is 2.73. The molecular formula is C17H30N2. The zero-order valence-electron chi connectivity index (χ0n) is 13.2. The fraction of sp³-hybridized carbons (Fsp3) is 0.647. The molecule has 1 atom stereocenters. The summed E-state index contributed by atoms with van der Waals surface area (Å²) in [6.45, 7) is 11.1. The van der Waals surface area contributed by atoms with Crippen LogP contribution in [0.4, 0.5) is 0 Å². The maximum Gasteiger partial charge on any atom is 0.0469 e.